The van der Waals surface area contributed by atoms with Crippen LogP contribution >= 0.6 is 11.8 Å². The third kappa shape index (κ3) is 5.04. The summed E-state index contributed by atoms with van der Waals surface area (Å²) in [7, 11) is 0. The summed E-state index contributed by atoms with van der Waals surface area (Å²) in [5.41, 5.74) is 0.500. The molecular weight excluding hydrogens is 542 g/mol. The smallest absolute Gasteiger partial charge is 0.410 e. The monoisotopic (exact) mass is 571 g/mol. The number of nitrogens with zero attached hydrogens (tertiary/aromatic N) is 5. The van der Waals surface area contributed by atoms with Crippen LogP contribution in [-0.2, 0) is 27.5 Å². The number of aliphatic carboxylic acids is 1. The summed E-state index contributed by atoms with van der Waals surface area (Å²) in [6.45, 7) is 4.10. The Hall–Kier alpha value is -3.91. The van der Waals surface area contributed by atoms with Crippen LogP contribution in [0.2, 0.25) is 0 Å². The summed E-state index contributed by atoms with van der Waals surface area (Å²) in [6, 6.07) is 5.09. The number of likely N-dealkylation sites (tertiary alicyclic amines) is 1. The number of thioether (sulfide) groups is 1. The van der Waals surface area contributed by atoms with E-state index >= 15 is 0 Å². The van der Waals surface area contributed by atoms with Crippen molar-refractivity contribution >= 4 is 35.4 Å². The van der Waals surface area contributed by atoms with Gasteiger partial charge in [-0.15, -0.1) is 11.8 Å². The number of nitro benzene ring substituents is 1. The maximum atomic E-state index is 13.2. The minimum Gasteiger partial charge on any atom is -0.477 e. The number of hydrogen-bond donors (Lipinski definition) is 2. The number of non-ortho nitro benzene ring substituents is 1. The average Bonchev–Trinajstić information content (AvgIpc) is 3.61. The number of fused-ring (bicyclic) bond motifs is 1. The lowest BCUT2D eigenvalue weighted by atomic mass is 9.79. The highest BCUT2D eigenvalue weighted by Gasteiger charge is 2.60. The second kappa shape index (κ2) is 10.9. The SMILES string of the molecule is C[C@@H]1C(S[C@H]2C[C@@H](Cn3ccnc3)N(C(=O)OCc3ccc([N+](=O)[O-])cc3)C2)=C(C(=O)O)N2C(=O)[C@H]([C@@H](C)O)[C@@H]12. The van der Waals surface area contributed by atoms with Gasteiger partial charge in [0.05, 0.1) is 35.4 Å². The molecule has 0 saturated carbocycles. The standard InChI is InChI=1S/C26H29N5O8S/c1-14-21-20(15(2)32)24(33)30(21)22(25(34)35)23(14)40-19-9-18(10-28-8-7-27-13-28)29(11-19)26(36)39-12-16-3-5-17(6-4-16)31(37)38/h3-8,13-15,18-21,32H,9-12H2,1-2H3,(H,34,35)/t14-,15+,18-,19-,20+,21+/m0/s1. The van der Waals surface area contributed by atoms with Gasteiger partial charge in [-0.2, -0.15) is 0 Å². The molecule has 0 aliphatic carbocycles. The minimum absolute atomic E-state index is 0.0465. The molecule has 212 valence electrons. The van der Waals surface area contributed by atoms with Crippen molar-refractivity contribution in [2.45, 2.75) is 56.9 Å². The van der Waals surface area contributed by atoms with Gasteiger partial charge in [-0.25, -0.2) is 14.6 Å². The first-order chi connectivity index (χ1) is 19.1. The summed E-state index contributed by atoms with van der Waals surface area (Å²) in [4.78, 5) is 56.0. The molecule has 0 unspecified atom stereocenters. The van der Waals surface area contributed by atoms with Gasteiger partial charge < -0.3 is 29.3 Å². The zero-order chi connectivity index (χ0) is 28.7. The first kappa shape index (κ1) is 27.6. The summed E-state index contributed by atoms with van der Waals surface area (Å²) in [6.07, 6.45) is 4.20. The molecule has 6 atom stereocenters. The number of imidazole rings is 1. The first-order valence-electron chi connectivity index (χ1n) is 12.8. The van der Waals surface area contributed by atoms with Gasteiger partial charge in [-0.3, -0.25) is 14.9 Å². The van der Waals surface area contributed by atoms with E-state index in [1.165, 1.54) is 47.9 Å². The highest BCUT2D eigenvalue weighted by molar-refractivity contribution is 8.03. The molecule has 4 heterocycles. The van der Waals surface area contributed by atoms with E-state index < -0.39 is 35.0 Å². The maximum Gasteiger partial charge on any atom is 0.410 e. The van der Waals surface area contributed by atoms with Crippen molar-refractivity contribution in [2.75, 3.05) is 6.54 Å². The van der Waals surface area contributed by atoms with Gasteiger partial charge in [0.15, 0.2) is 0 Å². The van der Waals surface area contributed by atoms with Gasteiger partial charge in [0.25, 0.3) is 5.69 Å². The van der Waals surface area contributed by atoms with Crippen molar-refractivity contribution in [3.05, 3.63) is 69.3 Å². The van der Waals surface area contributed by atoms with E-state index in [0.29, 0.717) is 30.0 Å². The molecule has 2 fully saturated rings. The Kier molecular flexibility index (Phi) is 7.55. The fourth-order valence-electron chi connectivity index (χ4n) is 5.79. The topological polar surface area (TPSA) is 168 Å². The molecule has 2 saturated heterocycles. The Labute approximate surface area is 233 Å². The molecular formula is C26H29N5O8S. The van der Waals surface area contributed by atoms with Crippen LogP contribution in [0.1, 0.15) is 25.8 Å². The van der Waals surface area contributed by atoms with Crippen LogP contribution in [0, 0.1) is 22.0 Å². The molecule has 14 heteroatoms. The fraction of sp³-hybridized carbons (Fsp3) is 0.462. The quantitative estimate of drug-likeness (QED) is 0.259. The van der Waals surface area contributed by atoms with Crippen molar-refractivity contribution < 1.29 is 34.3 Å². The molecule has 3 aliphatic rings. The Morgan fingerprint density at radius 2 is 2.02 bits per heavy atom. The lowest BCUT2D eigenvalue weighted by molar-refractivity contribution is -0.384. The number of aliphatic hydroxyl groups excluding tert-OH is 1. The highest BCUT2D eigenvalue weighted by atomic mass is 32.2. The number of benzene rings is 1. The van der Waals surface area contributed by atoms with Gasteiger partial charge in [-0.05, 0) is 31.0 Å². The van der Waals surface area contributed by atoms with E-state index in [4.69, 9.17) is 4.74 Å². The van der Waals surface area contributed by atoms with Crippen LogP contribution in [0.3, 0.4) is 0 Å². The molecule has 2 aromatic rings. The van der Waals surface area contributed by atoms with Crippen molar-refractivity contribution in [2.24, 2.45) is 11.8 Å². The predicted molar refractivity (Wildman–Crippen MR) is 142 cm³/mol. The minimum atomic E-state index is -1.19. The summed E-state index contributed by atoms with van der Waals surface area (Å²) < 4.78 is 7.41. The second-order valence-corrected chi connectivity index (χ2v) is 11.6. The molecule has 2 amide bonds. The number of carboxylic acids is 1. The lowest BCUT2D eigenvalue weighted by Crippen LogP contribution is -2.63. The molecule has 1 aromatic heterocycles. The number of aromatic nitrogens is 2. The van der Waals surface area contributed by atoms with Gasteiger partial charge in [-0.1, -0.05) is 6.92 Å². The fourth-order valence-corrected chi connectivity index (χ4v) is 7.36. The van der Waals surface area contributed by atoms with Crippen LogP contribution in [0.25, 0.3) is 0 Å². The average molecular weight is 572 g/mol. The van der Waals surface area contributed by atoms with Crippen LogP contribution in [-0.4, -0.2) is 82.4 Å². The van der Waals surface area contributed by atoms with Crippen LogP contribution < -0.4 is 0 Å². The number of amides is 2. The third-order valence-electron chi connectivity index (χ3n) is 7.71. The summed E-state index contributed by atoms with van der Waals surface area (Å²) in [5, 5.41) is 30.8. The molecule has 1 aromatic carbocycles. The molecule has 5 rings (SSSR count). The largest absolute Gasteiger partial charge is 0.477 e. The van der Waals surface area contributed by atoms with Gasteiger partial charge >= 0.3 is 12.1 Å². The number of rotatable bonds is 9. The third-order valence-corrected chi connectivity index (χ3v) is 9.20. The number of β-lactam (4-membered cyclic amide) rings is 1. The number of aliphatic hydroxyl groups is 1. The molecule has 13 nitrogen and oxygen atoms in total. The van der Waals surface area contributed by atoms with E-state index in [2.05, 4.69) is 4.98 Å². The highest BCUT2D eigenvalue weighted by Crippen LogP contribution is 2.52. The molecule has 2 N–H and O–H groups in total. The van der Waals surface area contributed by atoms with E-state index in [9.17, 15) is 34.7 Å². The molecule has 0 spiro atoms. The molecule has 40 heavy (non-hydrogen) atoms. The number of nitro groups is 1. The zero-order valence-corrected chi connectivity index (χ0v) is 22.6. The van der Waals surface area contributed by atoms with Crippen LogP contribution in [0.4, 0.5) is 10.5 Å². The normalized spacial score (nSPS) is 26.5. The lowest BCUT2D eigenvalue weighted by Gasteiger charge is -2.46. The number of carbonyl (C=O) groups is 3. The number of hydrogen-bond acceptors (Lipinski definition) is 9. The van der Waals surface area contributed by atoms with E-state index in [1.54, 1.807) is 23.6 Å². The summed E-state index contributed by atoms with van der Waals surface area (Å²) in [5.74, 6) is -2.50. The Bertz CT molecular complexity index is 1350. The van der Waals surface area contributed by atoms with Crippen molar-refractivity contribution in [1.82, 2.24) is 19.4 Å². The van der Waals surface area contributed by atoms with E-state index in [0.717, 1.165) is 0 Å². The van der Waals surface area contributed by atoms with Gasteiger partial charge in [0, 0.05) is 53.7 Å². The van der Waals surface area contributed by atoms with Gasteiger partial charge in [0.2, 0.25) is 5.91 Å². The van der Waals surface area contributed by atoms with E-state index in [-0.39, 0.29) is 41.1 Å². The number of carboxylic acid groups (broad SMARTS) is 1. The summed E-state index contributed by atoms with van der Waals surface area (Å²) >= 11 is 1.36. The molecule has 3 aliphatic heterocycles. The predicted octanol–water partition coefficient (Wildman–Crippen LogP) is 2.46. The van der Waals surface area contributed by atoms with Crippen molar-refractivity contribution in [3.8, 4) is 0 Å². The number of carbonyl (C=O) groups excluding carboxylic acids is 2. The van der Waals surface area contributed by atoms with Crippen LogP contribution in [0.5, 0.6) is 0 Å². The Morgan fingerprint density at radius 3 is 2.62 bits per heavy atom. The van der Waals surface area contributed by atoms with Crippen LogP contribution in [0.15, 0.2) is 53.6 Å². The Balaban J connectivity index is 1.31. The first-order valence-corrected chi connectivity index (χ1v) is 13.7. The van der Waals surface area contributed by atoms with Crippen molar-refractivity contribution in [1.29, 1.82) is 0 Å². The zero-order valence-electron chi connectivity index (χ0n) is 21.8. The van der Waals surface area contributed by atoms with Gasteiger partial charge in [0.1, 0.15) is 12.3 Å². The molecule has 0 radical (unpaired) electrons. The maximum absolute atomic E-state index is 13.2. The molecule has 0 bridgehead atoms. The van der Waals surface area contributed by atoms with E-state index in [1.807, 2.05) is 11.5 Å². The van der Waals surface area contributed by atoms with Crippen molar-refractivity contribution in [3.63, 3.8) is 0 Å². The second-order valence-electron chi connectivity index (χ2n) is 10.3. The Morgan fingerprint density at radius 1 is 1.30 bits per heavy atom. The number of ether oxygens (including phenoxy) is 1.